The second-order valence-corrected chi connectivity index (χ2v) is 3.89. The smallest absolute Gasteiger partial charge is 0.330 e. The van der Waals surface area contributed by atoms with Gasteiger partial charge in [-0.3, -0.25) is 14.3 Å². The Morgan fingerprint density at radius 3 is 3.12 bits per heavy atom. The number of nitrogens with one attached hydrogen (secondary N) is 1. The highest BCUT2D eigenvalue weighted by atomic mass is 16.5. The van der Waals surface area contributed by atoms with E-state index in [1.807, 2.05) is 0 Å². The average Bonchev–Trinajstić information content (AvgIpc) is 2.70. The quantitative estimate of drug-likeness (QED) is 0.751. The first-order chi connectivity index (χ1) is 8.56. The Balaban J connectivity index is 2.38. The Labute approximate surface area is 98.6 Å². The van der Waals surface area contributed by atoms with Crippen LogP contribution in [-0.4, -0.2) is 26.9 Å². The van der Waals surface area contributed by atoms with Crippen LogP contribution in [0.1, 0.15) is 26.5 Å². The van der Waals surface area contributed by atoms with E-state index >= 15 is 0 Å². The van der Waals surface area contributed by atoms with Crippen molar-refractivity contribution in [3.63, 3.8) is 0 Å². The minimum Gasteiger partial charge on any atom is -0.390 e. The maximum absolute atomic E-state index is 11.7. The molecule has 1 unspecified atom stereocenters. The van der Waals surface area contributed by atoms with Crippen LogP contribution in [0, 0.1) is 0 Å². The number of aliphatic hydroxyl groups is 1. The molecule has 0 radical (unpaired) electrons. The number of aromatic nitrogens is 2. The highest BCUT2D eigenvalue weighted by Crippen LogP contribution is 2.26. The molecule has 3 atom stereocenters. The predicted molar refractivity (Wildman–Crippen MR) is 61.6 cm³/mol. The number of hydrogen-bond acceptors (Lipinski definition) is 4. The third kappa shape index (κ3) is 2.09. The number of nitrogens with zero attached hydrogens (tertiary/aromatic N) is 1. The fourth-order valence-electron chi connectivity index (χ4n) is 1.75. The van der Waals surface area contributed by atoms with E-state index in [1.165, 1.54) is 16.8 Å². The third-order valence-electron chi connectivity index (χ3n) is 2.73. The summed E-state index contributed by atoms with van der Waals surface area (Å²) in [6, 6.07) is 0. The number of aliphatic hydroxyl groups excluding tert-OH is 1. The lowest BCUT2D eigenvalue weighted by molar-refractivity contribution is -0.0101. The van der Waals surface area contributed by atoms with E-state index in [1.54, 1.807) is 0 Å². The Morgan fingerprint density at radius 1 is 1.76 bits per heavy atom. The van der Waals surface area contributed by atoms with E-state index in [4.69, 9.17) is 6.11 Å². The predicted octanol–water partition coefficient (Wildman–Crippen LogP) is -0.152. The van der Waals surface area contributed by atoms with Crippen molar-refractivity contribution in [2.75, 3.05) is 0 Å². The first-order valence-corrected chi connectivity index (χ1v) is 5.17. The van der Waals surface area contributed by atoms with E-state index in [9.17, 15) is 14.7 Å². The maximum atomic E-state index is 11.7. The van der Waals surface area contributed by atoms with Gasteiger partial charge in [0.15, 0.2) is 0 Å². The minimum atomic E-state index is -0.779. The molecule has 6 nitrogen and oxygen atoms in total. The van der Waals surface area contributed by atoms with E-state index in [0.29, 0.717) is 0 Å². The molecule has 1 aromatic heterocycles. The second kappa shape index (κ2) is 4.31. The Kier molecular flexibility index (Phi) is 2.66. The molecule has 0 amide bonds. The molecule has 2 rings (SSSR count). The van der Waals surface area contributed by atoms with E-state index in [-0.39, 0.29) is 18.9 Å². The zero-order chi connectivity index (χ0) is 13.3. The highest BCUT2D eigenvalue weighted by molar-refractivity contribution is 5.43. The van der Waals surface area contributed by atoms with E-state index < -0.39 is 29.7 Å². The van der Waals surface area contributed by atoms with Crippen LogP contribution in [0.5, 0.6) is 0 Å². The molecule has 0 aliphatic carbocycles. The fourth-order valence-corrected chi connectivity index (χ4v) is 1.75. The van der Waals surface area contributed by atoms with Gasteiger partial charge >= 0.3 is 5.69 Å². The van der Waals surface area contributed by atoms with Crippen LogP contribution in [0.4, 0.5) is 0 Å². The standard InChI is InChI=1S/C11H14N2O4/c1-3-7-5-13(11(16)12-10(7)15)9-4-8(14)6(2)17-9/h3,5-6,8-9,14H,1,4H2,2H3,(H,12,15,16)/t6-,8?,9-/m1/s1/i2D. The van der Waals surface area contributed by atoms with Gasteiger partial charge < -0.3 is 9.84 Å². The maximum Gasteiger partial charge on any atom is 0.330 e. The molecule has 1 aromatic rings. The van der Waals surface area contributed by atoms with Gasteiger partial charge in [-0.2, -0.15) is 0 Å². The molecular weight excluding hydrogens is 224 g/mol. The number of H-pyrrole nitrogens is 1. The molecule has 1 aliphatic rings. The topological polar surface area (TPSA) is 84.3 Å². The molecule has 0 aromatic carbocycles. The molecule has 6 heteroatoms. The average molecular weight is 239 g/mol. The van der Waals surface area contributed by atoms with Crippen LogP contribution >= 0.6 is 0 Å². The first kappa shape index (κ1) is 10.5. The molecular formula is C11H14N2O4. The van der Waals surface area contributed by atoms with Gasteiger partial charge in [-0.05, 0) is 6.90 Å². The van der Waals surface area contributed by atoms with Gasteiger partial charge in [0.2, 0.25) is 0 Å². The van der Waals surface area contributed by atoms with Crippen molar-refractivity contribution in [1.29, 1.82) is 0 Å². The molecule has 1 aliphatic heterocycles. The monoisotopic (exact) mass is 239 g/mol. The number of aromatic amines is 1. The Hall–Kier alpha value is -1.66. The third-order valence-corrected chi connectivity index (χ3v) is 2.73. The minimum absolute atomic E-state index is 0.0793. The van der Waals surface area contributed by atoms with Crippen LogP contribution in [-0.2, 0) is 4.74 Å². The number of ether oxygens (including phenoxy) is 1. The summed E-state index contributed by atoms with van der Waals surface area (Å²) in [7, 11) is 0. The van der Waals surface area contributed by atoms with Gasteiger partial charge in [-0.1, -0.05) is 12.7 Å². The highest BCUT2D eigenvalue weighted by Gasteiger charge is 2.32. The van der Waals surface area contributed by atoms with Crippen molar-refractivity contribution in [2.24, 2.45) is 0 Å². The van der Waals surface area contributed by atoms with Crippen molar-refractivity contribution in [2.45, 2.75) is 31.8 Å². The lowest BCUT2D eigenvalue weighted by Gasteiger charge is -2.13. The van der Waals surface area contributed by atoms with Crippen LogP contribution in [0.15, 0.2) is 22.4 Å². The van der Waals surface area contributed by atoms with Crippen LogP contribution in [0.2, 0.25) is 0 Å². The van der Waals surface area contributed by atoms with E-state index in [0.717, 1.165) is 0 Å². The zero-order valence-electron chi connectivity index (χ0n) is 10.1. The van der Waals surface area contributed by atoms with Crippen LogP contribution < -0.4 is 11.2 Å². The summed E-state index contributed by atoms with van der Waals surface area (Å²) in [5.74, 6) is 0. The molecule has 92 valence electrons. The molecule has 1 fully saturated rings. The van der Waals surface area contributed by atoms with Crippen molar-refractivity contribution in [3.8, 4) is 0 Å². The summed E-state index contributed by atoms with van der Waals surface area (Å²) < 4.78 is 13.8. The molecule has 2 heterocycles. The van der Waals surface area contributed by atoms with Crippen molar-refractivity contribution in [1.82, 2.24) is 9.55 Å². The van der Waals surface area contributed by atoms with Crippen molar-refractivity contribution < 1.29 is 11.2 Å². The van der Waals surface area contributed by atoms with Gasteiger partial charge in [0.25, 0.3) is 5.56 Å². The van der Waals surface area contributed by atoms with Gasteiger partial charge in [0.1, 0.15) is 6.23 Å². The summed E-state index contributed by atoms with van der Waals surface area (Å²) in [6.07, 6.45) is 0.837. The number of rotatable bonds is 2. The van der Waals surface area contributed by atoms with Gasteiger partial charge in [-0.15, -0.1) is 0 Å². The van der Waals surface area contributed by atoms with Crippen molar-refractivity contribution in [3.05, 3.63) is 39.2 Å². The largest absolute Gasteiger partial charge is 0.390 e. The Bertz CT molecular complexity index is 565. The lowest BCUT2D eigenvalue weighted by Crippen LogP contribution is -2.33. The summed E-state index contributed by atoms with van der Waals surface area (Å²) in [4.78, 5) is 25.2. The molecule has 0 bridgehead atoms. The second-order valence-electron chi connectivity index (χ2n) is 3.89. The van der Waals surface area contributed by atoms with Crippen LogP contribution in [0.25, 0.3) is 6.08 Å². The SMILES string of the molecule is [2H]C[C@H]1O[C@@H](n2cc(C=C)c(=O)[nH]c2=O)CC1O. The fraction of sp³-hybridized carbons (Fsp3) is 0.455. The molecule has 0 saturated carbocycles. The summed E-state index contributed by atoms with van der Waals surface area (Å²) in [6.45, 7) is 3.40. The molecule has 1 saturated heterocycles. The zero-order valence-corrected chi connectivity index (χ0v) is 9.13. The first-order valence-electron chi connectivity index (χ1n) is 5.88. The van der Waals surface area contributed by atoms with Crippen molar-refractivity contribution >= 4 is 6.08 Å². The molecule has 17 heavy (non-hydrogen) atoms. The van der Waals surface area contributed by atoms with Gasteiger partial charge in [0.05, 0.1) is 17.8 Å². The summed E-state index contributed by atoms with van der Waals surface area (Å²) >= 11 is 0. The summed E-state index contributed by atoms with van der Waals surface area (Å²) in [5.41, 5.74) is -0.864. The van der Waals surface area contributed by atoms with Crippen LogP contribution in [0.3, 0.4) is 0 Å². The van der Waals surface area contributed by atoms with Gasteiger partial charge in [0, 0.05) is 14.0 Å². The van der Waals surface area contributed by atoms with E-state index in [2.05, 4.69) is 11.6 Å². The van der Waals surface area contributed by atoms with Gasteiger partial charge in [-0.25, -0.2) is 4.79 Å². The molecule has 0 spiro atoms. The number of hydrogen-bond donors (Lipinski definition) is 2. The Morgan fingerprint density at radius 2 is 2.53 bits per heavy atom. The lowest BCUT2D eigenvalue weighted by atomic mass is 10.2. The molecule has 2 N–H and O–H groups in total. The normalized spacial score (nSPS) is 29.0. The summed E-state index contributed by atoms with van der Waals surface area (Å²) in [5, 5.41) is 9.64.